The van der Waals surface area contributed by atoms with Crippen molar-refractivity contribution in [2.45, 2.75) is 13.8 Å². The van der Waals surface area contributed by atoms with Crippen LogP contribution < -0.4 is 0 Å². The van der Waals surface area contributed by atoms with Gasteiger partial charge < -0.3 is 4.74 Å². The summed E-state index contributed by atoms with van der Waals surface area (Å²) in [6.45, 7) is 2.92. The second-order valence-electron chi connectivity index (χ2n) is 1.85. The first kappa shape index (κ1) is 11.1. The fourth-order valence-corrected chi connectivity index (χ4v) is 1.14. The highest BCUT2D eigenvalue weighted by molar-refractivity contribution is 7.90. The van der Waals surface area contributed by atoms with Gasteiger partial charge in [-0.25, -0.2) is 4.79 Å². The Labute approximate surface area is 70.8 Å². The molecule has 0 rings (SSSR count). The molecule has 12 heavy (non-hydrogen) atoms. The molecule has 0 saturated heterocycles. The van der Waals surface area contributed by atoms with Gasteiger partial charge in [-0.05, 0) is 13.8 Å². The standard InChI is InChI=1S/C6H10O5S/c1-3-5(12(8,9)10)6(7)11-4-2/h3H,4H2,1-2H3,(H,8,9,10). The Kier molecular flexibility index (Phi) is 3.91. The van der Waals surface area contributed by atoms with Crippen molar-refractivity contribution in [3.8, 4) is 0 Å². The summed E-state index contributed by atoms with van der Waals surface area (Å²) in [7, 11) is -4.45. The molecular weight excluding hydrogens is 184 g/mol. The quantitative estimate of drug-likeness (QED) is 0.398. The highest BCUT2D eigenvalue weighted by atomic mass is 32.2. The van der Waals surface area contributed by atoms with Gasteiger partial charge in [-0.15, -0.1) is 0 Å². The molecule has 6 heteroatoms. The van der Waals surface area contributed by atoms with Gasteiger partial charge in [0.25, 0.3) is 0 Å². The molecule has 5 nitrogen and oxygen atoms in total. The minimum Gasteiger partial charge on any atom is -0.462 e. The second-order valence-corrected chi connectivity index (χ2v) is 3.24. The predicted molar refractivity (Wildman–Crippen MR) is 41.9 cm³/mol. The monoisotopic (exact) mass is 194 g/mol. The summed E-state index contributed by atoms with van der Waals surface area (Å²) >= 11 is 0. The van der Waals surface area contributed by atoms with Crippen LogP contribution in [0.2, 0.25) is 0 Å². The van der Waals surface area contributed by atoms with Crippen molar-refractivity contribution in [1.29, 1.82) is 0 Å². The molecule has 0 aromatic heterocycles. The van der Waals surface area contributed by atoms with E-state index in [1.807, 2.05) is 0 Å². The summed E-state index contributed by atoms with van der Waals surface area (Å²) in [5.74, 6) is -1.04. The molecule has 0 amide bonds. The number of carbonyl (C=O) groups excluding carboxylic acids is 1. The van der Waals surface area contributed by atoms with E-state index in [2.05, 4.69) is 4.74 Å². The number of hydrogen-bond donors (Lipinski definition) is 1. The lowest BCUT2D eigenvalue weighted by Crippen LogP contribution is -2.15. The fourth-order valence-electron chi connectivity index (χ4n) is 0.574. The lowest BCUT2D eigenvalue weighted by atomic mass is 10.5. The third-order valence-corrected chi connectivity index (χ3v) is 1.97. The molecule has 1 N–H and O–H groups in total. The van der Waals surface area contributed by atoms with Gasteiger partial charge in [0.2, 0.25) is 0 Å². The molecular formula is C6H10O5S. The Morgan fingerprint density at radius 2 is 2.08 bits per heavy atom. The minimum absolute atomic E-state index is 0.0612. The van der Waals surface area contributed by atoms with E-state index in [9.17, 15) is 13.2 Å². The molecule has 0 aliphatic carbocycles. The van der Waals surface area contributed by atoms with Crippen LogP contribution in [0, 0.1) is 0 Å². The van der Waals surface area contributed by atoms with Crippen molar-refractivity contribution >= 4 is 16.1 Å². The Balaban J connectivity index is 4.74. The highest BCUT2D eigenvalue weighted by Gasteiger charge is 2.22. The average Bonchev–Trinajstić information content (AvgIpc) is 1.85. The highest BCUT2D eigenvalue weighted by Crippen LogP contribution is 2.05. The summed E-state index contributed by atoms with van der Waals surface area (Å²) in [4.78, 5) is 10.1. The van der Waals surface area contributed by atoms with Gasteiger partial charge in [0, 0.05) is 0 Å². The van der Waals surface area contributed by atoms with E-state index in [-0.39, 0.29) is 6.61 Å². The summed E-state index contributed by atoms with van der Waals surface area (Å²) in [6.07, 6.45) is 0.979. The molecule has 0 aliphatic heterocycles. The molecule has 0 aromatic carbocycles. The third kappa shape index (κ3) is 3.02. The molecule has 0 aromatic rings. The normalized spacial score (nSPS) is 12.8. The molecule has 0 spiro atoms. The van der Waals surface area contributed by atoms with Crippen molar-refractivity contribution in [2.75, 3.05) is 6.61 Å². The maximum Gasteiger partial charge on any atom is 0.351 e. The predicted octanol–water partition coefficient (Wildman–Crippen LogP) is 0.341. The Morgan fingerprint density at radius 3 is 2.33 bits per heavy atom. The number of hydrogen-bond acceptors (Lipinski definition) is 4. The van der Waals surface area contributed by atoms with Gasteiger partial charge in [-0.2, -0.15) is 8.42 Å². The third-order valence-electron chi connectivity index (χ3n) is 1.02. The summed E-state index contributed by atoms with van der Waals surface area (Å²) < 4.78 is 33.8. The zero-order chi connectivity index (χ0) is 9.78. The van der Waals surface area contributed by atoms with Crippen LogP contribution in [0.15, 0.2) is 11.0 Å². The van der Waals surface area contributed by atoms with Crippen LogP contribution in [-0.4, -0.2) is 25.5 Å². The van der Waals surface area contributed by atoms with Gasteiger partial charge in [0.15, 0.2) is 4.91 Å². The van der Waals surface area contributed by atoms with Crippen LogP contribution in [0.25, 0.3) is 0 Å². The number of carbonyl (C=O) groups is 1. The van der Waals surface area contributed by atoms with Crippen molar-refractivity contribution in [3.63, 3.8) is 0 Å². The smallest absolute Gasteiger partial charge is 0.351 e. The van der Waals surface area contributed by atoms with Crippen LogP contribution in [-0.2, 0) is 19.6 Å². The Morgan fingerprint density at radius 1 is 1.58 bits per heavy atom. The zero-order valence-corrected chi connectivity index (χ0v) is 7.59. The molecule has 0 saturated carbocycles. The van der Waals surface area contributed by atoms with Crippen LogP contribution >= 0.6 is 0 Å². The number of rotatable bonds is 3. The van der Waals surface area contributed by atoms with Crippen LogP contribution in [0.5, 0.6) is 0 Å². The zero-order valence-electron chi connectivity index (χ0n) is 6.77. The first-order valence-electron chi connectivity index (χ1n) is 3.24. The molecule has 0 fully saturated rings. The van der Waals surface area contributed by atoms with E-state index < -0.39 is 21.0 Å². The van der Waals surface area contributed by atoms with Gasteiger partial charge in [0.05, 0.1) is 6.61 Å². The topological polar surface area (TPSA) is 80.7 Å². The first-order valence-corrected chi connectivity index (χ1v) is 4.68. The van der Waals surface area contributed by atoms with Gasteiger partial charge in [0.1, 0.15) is 0 Å². The van der Waals surface area contributed by atoms with Crippen LogP contribution in [0.1, 0.15) is 13.8 Å². The van der Waals surface area contributed by atoms with Crippen molar-refractivity contribution in [3.05, 3.63) is 11.0 Å². The number of esters is 1. The maximum atomic E-state index is 10.8. The molecule has 0 unspecified atom stereocenters. The molecule has 0 aliphatic rings. The largest absolute Gasteiger partial charge is 0.462 e. The van der Waals surface area contributed by atoms with E-state index in [4.69, 9.17) is 4.55 Å². The number of allylic oxidation sites excluding steroid dienone is 1. The fraction of sp³-hybridized carbons (Fsp3) is 0.500. The van der Waals surface area contributed by atoms with Crippen molar-refractivity contribution in [2.24, 2.45) is 0 Å². The molecule has 0 radical (unpaired) electrons. The molecule has 0 heterocycles. The minimum atomic E-state index is -4.45. The van der Waals surface area contributed by atoms with E-state index in [1.165, 1.54) is 13.8 Å². The Bertz CT molecular complexity index is 287. The van der Waals surface area contributed by atoms with Crippen LogP contribution in [0.3, 0.4) is 0 Å². The molecule has 0 atom stereocenters. The van der Waals surface area contributed by atoms with Crippen LogP contribution in [0.4, 0.5) is 0 Å². The number of ether oxygens (including phenoxy) is 1. The first-order chi connectivity index (χ1) is 5.43. The van der Waals surface area contributed by atoms with E-state index >= 15 is 0 Å². The van der Waals surface area contributed by atoms with E-state index in [0.29, 0.717) is 0 Å². The second kappa shape index (κ2) is 4.22. The van der Waals surface area contributed by atoms with Gasteiger partial charge in [-0.3, -0.25) is 4.55 Å². The molecule has 70 valence electrons. The van der Waals surface area contributed by atoms with Gasteiger partial charge in [-0.1, -0.05) is 6.08 Å². The lowest BCUT2D eigenvalue weighted by Gasteiger charge is -2.01. The van der Waals surface area contributed by atoms with Gasteiger partial charge >= 0.3 is 16.1 Å². The lowest BCUT2D eigenvalue weighted by molar-refractivity contribution is -0.137. The van der Waals surface area contributed by atoms with Crippen molar-refractivity contribution < 1.29 is 22.5 Å². The van der Waals surface area contributed by atoms with Crippen molar-refractivity contribution in [1.82, 2.24) is 0 Å². The SMILES string of the molecule is CC=C(C(=O)OCC)S(=O)(=O)O. The summed E-state index contributed by atoms with van der Waals surface area (Å²) in [6, 6.07) is 0. The van der Waals surface area contributed by atoms with E-state index in [0.717, 1.165) is 6.08 Å². The average molecular weight is 194 g/mol. The summed E-state index contributed by atoms with van der Waals surface area (Å²) in [5.41, 5.74) is 0. The Hall–Kier alpha value is -0.880. The molecule has 0 bridgehead atoms. The maximum absolute atomic E-state index is 10.8. The van der Waals surface area contributed by atoms with E-state index in [1.54, 1.807) is 0 Å². The summed E-state index contributed by atoms with van der Waals surface area (Å²) in [5, 5.41) is 0.